The van der Waals surface area contributed by atoms with Crippen molar-refractivity contribution in [2.75, 3.05) is 26.4 Å². The Bertz CT molecular complexity index is 1040. The molecule has 0 radical (unpaired) electrons. The quantitative estimate of drug-likeness (QED) is 0.169. The summed E-state index contributed by atoms with van der Waals surface area (Å²) in [5, 5.41) is 0. The molecule has 2 aromatic rings. The van der Waals surface area contributed by atoms with Crippen LogP contribution in [0.1, 0.15) is 90.7 Å². The molecule has 1 aliphatic rings. The standard InChI is InChI=1S/C34H46O5/c1-6-11-17-38-30-15-13-26(23-32(30)36-9-4)21-28-19-25(8-3)20-29(34(28)35)22-27-14-16-31(39-18-12-7-2)33(24-27)37-10-5/h13-16,21-25H,6-12,17-20H2,1-5H3/b28-21-,29-22+. The maximum absolute atomic E-state index is 13.7. The van der Waals surface area contributed by atoms with Crippen molar-refractivity contribution in [3.63, 3.8) is 0 Å². The number of hydrogen-bond acceptors (Lipinski definition) is 5. The molecule has 0 amide bonds. The molecule has 5 heteroatoms. The zero-order valence-corrected chi connectivity index (χ0v) is 24.5. The zero-order valence-electron chi connectivity index (χ0n) is 24.5. The Morgan fingerprint density at radius 2 is 1.13 bits per heavy atom. The number of ketones is 1. The summed E-state index contributed by atoms with van der Waals surface area (Å²) in [6.07, 6.45) is 10.8. The Labute approximate surface area is 235 Å². The highest BCUT2D eigenvalue weighted by molar-refractivity contribution is 6.14. The first-order valence-corrected chi connectivity index (χ1v) is 14.8. The van der Waals surface area contributed by atoms with Crippen LogP contribution in [0.5, 0.6) is 23.0 Å². The Hall–Kier alpha value is -3.21. The molecule has 3 rings (SSSR count). The Morgan fingerprint density at radius 1 is 0.667 bits per heavy atom. The first kappa shape index (κ1) is 30.3. The van der Waals surface area contributed by atoms with Gasteiger partial charge >= 0.3 is 0 Å². The molecular formula is C34H46O5. The molecule has 39 heavy (non-hydrogen) atoms. The fraction of sp³-hybridized carbons (Fsp3) is 0.500. The van der Waals surface area contributed by atoms with Gasteiger partial charge in [0.2, 0.25) is 0 Å². The van der Waals surface area contributed by atoms with E-state index >= 15 is 0 Å². The van der Waals surface area contributed by atoms with E-state index in [4.69, 9.17) is 18.9 Å². The van der Waals surface area contributed by atoms with Crippen molar-refractivity contribution in [3.8, 4) is 23.0 Å². The summed E-state index contributed by atoms with van der Waals surface area (Å²) < 4.78 is 23.6. The third-order valence-electron chi connectivity index (χ3n) is 6.91. The van der Waals surface area contributed by atoms with Crippen LogP contribution in [0.3, 0.4) is 0 Å². The number of rotatable bonds is 15. The average Bonchev–Trinajstić information content (AvgIpc) is 2.93. The molecule has 2 aromatic carbocycles. The lowest BCUT2D eigenvalue weighted by Gasteiger charge is -2.25. The normalized spacial score (nSPS) is 17.5. The van der Waals surface area contributed by atoms with Gasteiger partial charge in [0.25, 0.3) is 0 Å². The zero-order chi connectivity index (χ0) is 28.0. The Morgan fingerprint density at radius 3 is 1.51 bits per heavy atom. The lowest BCUT2D eigenvalue weighted by molar-refractivity contribution is -0.113. The van der Waals surface area contributed by atoms with Crippen molar-refractivity contribution >= 4 is 17.9 Å². The molecule has 1 unspecified atom stereocenters. The van der Waals surface area contributed by atoms with Gasteiger partial charge in [-0.3, -0.25) is 4.79 Å². The highest BCUT2D eigenvalue weighted by atomic mass is 16.5. The molecule has 0 heterocycles. The van der Waals surface area contributed by atoms with Gasteiger partial charge in [0, 0.05) is 11.1 Å². The van der Waals surface area contributed by atoms with Gasteiger partial charge in [0.05, 0.1) is 26.4 Å². The van der Waals surface area contributed by atoms with Crippen LogP contribution in [0.25, 0.3) is 12.2 Å². The molecule has 0 aromatic heterocycles. The minimum atomic E-state index is 0.113. The highest BCUT2D eigenvalue weighted by Gasteiger charge is 2.27. The molecule has 0 spiro atoms. The van der Waals surface area contributed by atoms with E-state index in [0.717, 1.165) is 90.2 Å². The summed E-state index contributed by atoms with van der Waals surface area (Å²) in [6, 6.07) is 11.9. The third-order valence-corrected chi connectivity index (χ3v) is 6.91. The van der Waals surface area contributed by atoms with E-state index in [9.17, 15) is 4.79 Å². The molecule has 5 nitrogen and oxygen atoms in total. The van der Waals surface area contributed by atoms with Gasteiger partial charge in [-0.2, -0.15) is 0 Å². The third kappa shape index (κ3) is 8.91. The monoisotopic (exact) mass is 534 g/mol. The van der Waals surface area contributed by atoms with Crippen LogP contribution in [-0.4, -0.2) is 32.2 Å². The molecule has 0 saturated heterocycles. The molecule has 1 fully saturated rings. The topological polar surface area (TPSA) is 54.0 Å². The molecule has 1 atom stereocenters. The number of Topliss-reactive ketones (excluding diaryl/α,β-unsaturated/α-hetero) is 1. The van der Waals surface area contributed by atoms with Crippen molar-refractivity contribution in [2.24, 2.45) is 5.92 Å². The fourth-order valence-corrected chi connectivity index (χ4v) is 4.68. The van der Waals surface area contributed by atoms with Crippen LogP contribution in [0.2, 0.25) is 0 Å². The SMILES string of the molecule is CCCCOc1ccc(/C=C2/CC(CC)C/C(=C\c3ccc(OCCCC)c(OCC)c3)C2=O)cc1OCC. The number of carbonyl (C=O) groups is 1. The van der Waals surface area contributed by atoms with Gasteiger partial charge in [-0.15, -0.1) is 0 Å². The van der Waals surface area contributed by atoms with Crippen LogP contribution < -0.4 is 18.9 Å². The van der Waals surface area contributed by atoms with Gasteiger partial charge < -0.3 is 18.9 Å². The van der Waals surface area contributed by atoms with Crippen LogP contribution in [0.15, 0.2) is 47.5 Å². The van der Waals surface area contributed by atoms with Gasteiger partial charge in [0.1, 0.15) is 0 Å². The molecular weight excluding hydrogens is 488 g/mol. The maximum Gasteiger partial charge on any atom is 0.185 e. The molecule has 0 aliphatic heterocycles. The van der Waals surface area contributed by atoms with Gasteiger partial charge in [0.15, 0.2) is 28.8 Å². The molecule has 1 aliphatic carbocycles. The second-order valence-corrected chi connectivity index (χ2v) is 10.0. The number of unbranched alkanes of at least 4 members (excludes halogenated alkanes) is 2. The van der Waals surface area contributed by atoms with E-state index in [0.29, 0.717) is 32.3 Å². The minimum absolute atomic E-state index is 0.113. The first-order valence-electron chi connectivity index (χ1n) is 14.8. The van der Waals surface area contributed by atoms with Crippen LogP contribution in [0, 0.1) is 5.92 Å². The van der Waals surface area contributed by atoms with Crippen molar-refractivity contribution < 1.29 is 23.7 Å². The predicted octanol–water partition coefficient (Wildman–Crippen LogP) is 8.70. The molecule has 1 saturated carbocycles. The smallest absolute Gasteiger partial charge is 0.185 e. The summed E-state index contributed by atoms with van der Waals surface area (Å²) in [4.78, 5) is 13.7. The molecule has 0 N–H and O–H groups in total. The van der Waals surface area contributed by atoms with E-state index < -0.39 is 0 Å². The lowest BCUT2D eigenvalue weighted by atomic mass is 9.78. The number of carbonyl (C=O) groups excluding carboxylic acids is 1. The lowest BCUT2D eigenvalue weighted by Crippen LogP contribution is -2.19. The fourth-order valence-electron chi connectivity index (χ4n) is 4.68. The van der Waals surface area contributed by atoms with Crippen molar-refractivity contribution in [2.45, 2.75) is 79.6 Å². The first-order chi connectivity index (χ1) is 19.0. The predicted molar refractivity (Wildman–Crippen MR) is 160 cm³/mol. The van der Waals surface area contributed by atoms with Gasteiger partial charge in [-0.05, 0) is 93.0 Å². The summed E-state index contributed by atoms with van der Waals surface area (Å²) in [7, 11) is 0. The van der Waals surface area contributed by atoms with E-state index in [1.807, 2.05) is 62.4 Å². The highest BCUT2D eigenvalue weighted by Crippen LogP contribution is 2.37. The average molecular weight is 535 g/mol. The number of ether oxygens (including phenoxy) is 4. The molecule has 0 bridgehead atoms. The summed E-state index contributed by atoms with van der Waals surface area (Å²) >= 11 is 0. The summed E-state index contributed by atoms with van der Waals surface area (Å²) in [5.41, 5.74) is 3.58. The number of hydrogen-bond donors (Lipinski definition) is 0. The second kappa shape index (κ2) is 16.0. The van der Waals surface area contributed by atoms with E-state index in [1.54, 1.807) is 0 Å². The number of allylic oxidation sites excluding steroid dienone is 2. The van der Waals surface area contributed by atoms with E-state index in [2.05, 4.69) is 20.8 Å². The van der Waals surface area contributed by atoms with E-state index in [-0.39, 0.29) is 5.78 Å². The second-order valence-electron chi connectivity index (χ2n) is 10.0. The van der Waals surface area contributed by atoms with Crippen molar-refractivity contribution in [3.05, 3.63) is 58.7 Å². The van der Waals surface area contributed by atoms with Crippen LogP contribution in [0.4, 0.5) is 0 Å². The van der Waals surface area contributed by atoms with Crippen LogP contribution in [-0.2, 0) is 4.79 Å². The van der Waals surface area contributed by atoms with Crippen molar-refractivity contribution in [1.82, 2.24) is 0 Å². The summed E-state index contributed by atoms with van der Waals surface area (Å²) in [6.45, 7) is 12.9. The minimum Gasteiger partial charge on any atom is -0.490 e. The van der Waals surface area contributed by atoms with Crippen molar-refractivity contribution in [1.29, 1.82) is 0 Å². The summed E-state index contributed by atoms with van der Waals surface area (Å²) in [5.74, 6) is 3.48. The van der Waals surface area contributed by atoms with Gasteiger partial charge in [-0.25, -0.2) is 0 Å². The van der Waals surface area contributed by atoms with E-state index in [1.165, 1.54) is 0 Å². The Kier molecular flexibility index (Phi) is 12.5. The number of benzene rings is 2. The van der Waals surface area contributed by atoms with Gasteiger partial charge in [-0.1, -0.05) is 52.2 Å². The largest absolute Gasteiger partial charge is 0.490 e. The maximum atomic E-state index is 13.7. The van der Waals surface area contributed by atoms with Crippen LogP contribution >= 0.6 is 0 Å². The molecule has 212 valence electrons. The Balaban J connectivity index is 1.88.